The number of phenolic OH excluding ortho intramolecular Hbond substituents is 1. The summed E-state index contributed by atoms with van der Waals surface area (Å²) >= 11 is 5.49. The molecule has 0 aliphatic rings. The molecule has 6 heteroatoms. The summed E-state index contributed by atoms with van der Waals surface area (Å²) in [4.78, 5) is 20.6. The van der Waals surface area contributed by atoms with Gasteiger partial charge in [-0.05, 0) is 19.1 Å². The van der Waals surface area contributed by atoms with Crippen molar-refractivity contribution in [1.82, 2.24) is 0 Å². The zero-order valence-electron chi connectivity index (χ0n) is 7.15. The number of phenols is 1. The zero-order chi connectivity index (χ0) is 10.9. The normalized spacial score (nSPS) is 9.86. The van der Waals surface area contributed by atoms with Crippen LogP contribution in [0.4, 0.5) is 5.69 Å². The van der Waals surface area contributed by atoms with Gasteiger partial charge in [0, 0.05) is 0 Å². The molecular formula is C8H6ClNO4. The van der Waals surface area contributed by atoms with E-state index in [9.17, 15) is 20.0 Å². The Hall–Kier alpha value is -1.62. The Morgan fingerprint density at radius 2 is 2.14 bits per heavy atom. The first-order valence-corrected chi connectivity index (χ1v) is 3.99. The maximum atomic E-state index is 10.9. The molecule has 74 valence electrons. The lowest BCUT2D eigenvalue weighted by atomic mass is 10.1. The maximum Gasteiger partial charge on any atom is 0.329 e. The number of nitro groups is 1. The number of aromatic hydroxyl groups is 1. The molecule has 0 radical (unpaired) electrons. The standard InChI is InChI=1S/C8H6ClNO4/c1-4(11)5-2-3-6(9)7(8(5)12)10(13)14/h2-3,12H,1H3. The van der Waals surface area contributed by atoms with Gasteiger partial charge in [0.15, 0.2) is 5.78 Å². The molecule has 1 rings (SSSR count). The molecule has 0 saturated carbocycles. The lowest BCUT2D eigenvalue weighted by Crippen LogP contribution is -1.97. The van der Waals surface area contributed by atoms with E-state index in [1.54, 1.807) is 0 Å². The Kier molecular flexibility index (Phi) is 2.71. The summed E-state index contributed by atoms with van der Waals surface area (Å²) in [5.41, 5.74) is -0.750. The second-order valence-corrected chi connectivity index (χ2v) is 3.01. The number of nitro benzene ring substituents is 1. The van der Waals surface area contributed by atoms with Crippen molar-refractivity contribution in [3.8, 4) is 5.75 Å². The van der Waals surface area contributed by atoms with Crippen LogP contribution in [-0.2, 0) is 0 Å². The van der Waals surface area contributed by atoms with Gasteiger partial charge in [-0.25, -0.2) is 0 Å². The third-order valence-electron chi connectivity index (χ3n) is 1.66. The van der Waals surface area contributed by atoms with E-state index in [1.165, 1.54) is 19.1 Å². The van der Waals surface area contributed by atoms with E-state index in [1.807, 2.05) is 0 Å². The zero-order valence-corrected chi connectivity index (χ0v) is 7.91. The number of halogens is 1. The minimum absolute atomic E-state index is 0.110. The lowest BCUT2D eigenvalue weighted by Gasteiger charge is -2.02. The summed E-state index contributed by atoms with van der Waals surface area (Å²) < 4.78 is 0. The van der Waals surface area contributed by atoms with E-state index < -0.39 is 22.1 Å². The van der Waals surface area contributed by atoms with Gasteiger partial charge >= 0.3 is 5.69 Å². The van der Waals surface area contributed by atoms with Gasteiger partial charge in [0.25, 0.3) is 0 Å². The molecular weight excluding hydrogens is 210 g/mol. The van der Waals surface area contributed by atoms with Crippen molar-refractivity contribution in [2.75, 3.05) is 0 Å². The number of rotatable bonds is 2. The van der Waals surface area contributed by atoms with Gasteiger partial charge in [-0.15, -0.1) is 0 Å². The molecule has 1 aromatic carbocycles. The number of Topliss-reactive ketones (excluding diaryl/α,β-unsaturated/α-hetero) is 1. The van der Waals surface area contributed by atoms with Crippen molar-refractivity contribution in [2.24, 2.45) is 0 Å². The number of nitrogens with zero attached hydrogens (tertiary/aromatic N) is 1. The number of carbonyl (C=O) groups is 1. The quantitative estimate of drug-likeness (QED) is 0.466. The lowest BCUT2D eigenvalue weighted by molar-refractivity contribution is -0.385. The Morgan fingerprint density at radius 1 is 1.57 bits per heavy atom. The van der Waals surface area contributed by atoms with Gasteiger partial charge in [-0.1, -0.05) is 11.6 Å². The predicted octanol–water partition coefficient (Wildman–Crippen LogP) is 2.16. The molecule has 0 fully saturated rings. The highest BCUT2D eigenvalue weighted by Gasteiger charge is 2.23. The largest absolute Gasteiger partial charge is 0.502 e. The minimum Gasteiger partial charge on any atom is -0.502 e. The van der Waals surface area contributed by atoms with E-state index in [2.05, 4.69) is 0 Å². The molecule has 0 unspecified atom stereocenters. The summed E-state index contributed by atoms with van der Waals surface area (Å²) in [6.45, 7) is 1.20. The second-order valence-electron chi connectivity index (χ2n) is 2.61. The molecule has 0 spiro atoms. The molecule has 0 aromatic heterocycles. The first kappa shape index (κ1) is 10.5. The number of hydrogen-bond donors (Lipinski definition) is 1. The summed E-state index contributed by atoms with van der Waals surface area (Å²) in [5.74, 6) is -1.14. The summed E-state index contributed by atoms with van der Waals surface area (Å²) in [6.07, 6.45) is 0. The van der Waals surface area contributed by atoms with Crippen molar-refractivity contribution in [1.29, 1.82) is 0 Å². The van der Waals surface area contributed by atoms with Crippen LogP contribution in [0.2, 0.25) is 5.02 Å². The van der Waals surface area contributed by atoms with Crippen LogP contribution in [0.1, 0.15) is 17.3 Å². The smallest absolute Gasteiger partial charge is 0.329 e. The van der Waals surface area contributed by atoms with Gasteiger partial charge in [-0.3, -0.25) is 14.9 Å². The average molecular weight is 216 g/mol. The van der Waals surface area contributed by atoms with E-state index >= 15 is 0 Å². The fourth-order valence-corrected chi connectivity index (χ4v) is 1.23. The monoisotopic (exact) mass is 215 g/mol. The van der Waals surface area contributed by atoms with Crippen molar-refractivity contribution < 1.29 is 14.8 Å². The summed E-state index contributed by atoms with van der Waals surface area (Å²) in [6, 6.07) is 2.45. The fourth-order valence-electron chi connectivity index (χ4n) is 1.01. The molecule has 1 N–H and O–H groups in total. The third kappa shape index (κ3) is 1.67. The van der Waals surface area contributed by atoms with Crippen LogP contribution in [0.15, 0.2) is 12.1 Å². The molecule has 0 aliphatic heterocycles. The van der Waals surface area contributed by atoms with Crippen LogP contribution in [-0.4, -0.2) is 15.8 Å². The van der Waals surface area contributed by atoms with Crippen LogP contribution < -0.4 is 0 Å². The Labute approximate surface area is 84.1 Å². The van der Waals surface area contributed by atoms with Gasteiger partial charge in [0.05, 0.1) is 10.5 Å². The summed E-state index contributed by atoms with van der Waals surface area (Å²) in [7, 11) is 0. The predicted molar refractivity (Wildman–Crippen MR) is 49.8 cm³/mol. The molecule has 1 aromatic rings. The number of benzene rings is 1. The molecule has 0 bridgehead atoms. The molecule has 0 heterocycles. The summed E-state index contributed by atoms with van der Waals surface area (Å²) in [5, 5.41) is 19.6. The molecule has 14 heavy (non-hydrogen) atoms. The molecule has 5 nitrogen and oxygen atoms in total. The van der Waals surface area contributed by atoms with Crippen LogP contribution >= 0.6 is 11.6 Å². The Bertz CT molecular complexity index is 416. The Balaban J connectivity index is 3.49. The van der Waals surface area contributed by atoms with Crippen molar-refractivity contribution in [2.45, 2.75) is 6.92 Å². The second kappa shape index (κ2) is 3.63. The van der Waals surface area contributed by atoms with Crippen LogP contribution in [0.5, 0.6) is 5.75 Å². The minimum atomic E-state index is -0.829. The first-order chi connectivity index (χ1) is 6.45. The van der Waals surface area contributed by atoms with Gasteiger partial charge in [0.1, 0.15) is 5.02 Å². The topological polar surface area (TPSA) is 80.4 Å². The van der Waals surface area contributed by atoms with Crippen molar-refractivity contribution in [3.05, 3.63) is 32.8 Å². The van der Waals surface area contributed by atoms with Crippen LogP contribution in [0.25, 0.3) is 0 Å². The van der Waals surface area contributed by atoms with E-state index in [-0.39, 0.29) is 10.6 Å². The van der Waals surface area contributed by atoms with Crippen LogP contribution in [0.3, 0.4) is 0 Å². The molecule has 0 amide bonds. The number of carbonyl (C=O) groups excluding carboxylic acids is 1. The Morgan fingerprint density at radius 3 is 2.57 bits per heavy atom. The average Bonchev–Trinajstić information content (AvgIpc) is 2.02. The van der Waals surface area contributed by atoms with Crippen molar-refractivity contribution in [3.63, 3.8) is 0 Å². The van der Waals surface area contributed by atoms with Crippen LogP contribution in [0, 0.1) is 10.1 Å². The third-order valence-corrected chi connectivity index (χ3v) is 1.97. The van der Waals surface area contributed by atoms with Gasteiger partial charge < -0.3 is 5.11 Å². The van der Waals surface area contributed by atoms with Gasteiger partial charge in [0.2, 0.25) is 5.75 Å². The highest BCUT2D eigenvalue weighted by molar-refractivity contribution is 6.33. The van der Waals surface area contributed by atoms with Gasteiger partial charge in [-0.2, -0.15) is 0 Å². The number of hydrogen-bond acceptors (Lipinski definition) is 4. The molecule has 0 atom stereocenters. The van der Waals surface area contributed by atoms with E-state index in [0.29, 0.717) is 0 Å². The molecule has 0 saturated heterocycles. The highest BCUT2D eigenvalue weighted by Crippen LogP contribution is 2.36. The highest BCUT2D eigenvalue weighted by atomic mass is 35.5. The number of ketones is 1. The fraction of sp³-hybridized carbons (Fsp3) is 0.125. The van der Waals surface area contributed by atoms with E-state index in [4.69, 9.17) is 11.6 Å². The SMILES string of the molecule is CC(=O)c1ccc(Cl)c([N+](=O)[O-])c1O. The molecule has 0 aliphatic carbocycles. The maximum absolute atomic E-state index is 10.9. The first-order valence-electron chi connectivity index (χ1n) is 3.62. The van der Waals surface area contributed by atoms with Crippen molar-refractivity contribution >= 4 is 23.1 Å². The van der Waals surface area contributed by atoms with E-state index in [0.717, 1.165) is 0 Å².